The molecule has 0 bridgehead atoms. The number of rotatable bonds is 5. The van der Waals surface area contributed by atoms with Gasteiger partial charge in [-0.2, -0.15) is 0 Å². The third-order valence-corrected chi connectivity index (χ3v) is 2.80. The zero-order valence-corrected chi connectivity index (χ0v) is 11.3. The van der Waals surface area contributed by atoms with Gasteiger partial charge in [-0.25, -0.2) is 0 Å². The molecule has 0 aromatic carbocycles. The Bertz CT molecular complexity index is 424. The van der Waals surface area contributed by atoms with E-state index in [9.17, 15) is 9.59 Å². The summed E-state index contributed by atoms with van der Waals surface area (Å²) in [5.74, 6) is -0.561. The van der Waals surface area contributed by atoms with Gasteiger partial charge in [-0.05, 0) is 32.9 Å². The summed E-state index contributed by atoms with van der Waals surface area (Å²) >= 11 is 0. The van der Waals surface area contributed by atoms with Crippen LogP contribution in [0.15, 0.2) is 18.3 Å². The number of hydrogen-bond acceptors (Lipinski definition) is 3. The van der Waals surface area contributed by atoms with Crippen LogP contribution in [-0.2, 0) is 16.1 Å². The number of nitrogens with zero attached hydrogens (tertiary/aromatic N) is 2. The highest BCUT2D eigenvalue weighted by atomic mass is 16.5. The minimum atomic E-state index is -0.411. The standard InChI is InChI=1S/C13H20N2O3/c1-5-14-8-6-7-11(14)13(17)15(10(2)3)9-12(16)18-4/h6-8,10H,5,9H2,1-4H3. The molecule has 0 aliphatic rings. The Hall–Kier alpha value is -1.78. The Morgan fingerprint density at radius 1 is 1.44 bits per heavy atom. The van der Waals surface area contributed by atoms with Crippen molar-refractivity contribution >= 4 is 11.9 Å². The lowest BCUT2D eigenvalue weighted by Crippen LogP contribution is -2.41. The third-order valence-electron chi connectivity index (χ3n) is 2.80. The second-order valence-corrected chi connectivity index (χ2v) is 4.28. The first-order valence-electron chi connectivity index (χ1n) is 6.04. The molecule has 0 N–H and O–H groups in total. The summed E-state index contributed by atoms with van der Waals surface area (Å²) in [6.45, 7) is 6.41. The molecule has 1 aromatic heterocycles. The first-order chi connectivity index (χ1) is 8.51. The average molecular weight is 252 g/mol. The predicted octanol–water partition coefficient (Wildman–Crippen LogP) is 1.53. The molecular formula is C13H20N2O3. The van der Waals surface area contributed by atoms with Gasteiger partial charge in [0.25, 0.3) is 5.91 Å². The fourth-order valence-electron chi connectivity index (χ4n) is 1.72. The van der Waals surface area contributed by atoms with Gasteiger partial charge in [-0.1, -0.05) is 0 Å². The van der Waals surface area contributed by atoms with Crippen LogP contribution in [0.25, 0.3) is 0 Å². The van der Waals surface area contributed by atoms with E-state index in [2.05, 4.69) is 4.74 Å². The zero-order valence-electron chi connectivity index (χ0n) is 11.3. The SMILES string of the molecule is CCn1cccc1C(=O)N(CC(=O)OC)C(C)C. The van der Waals surface area contributed by atoms with Crippen molar-refractivity contribution in [3.05, 3.63) is 24.0 Å². The van der Waals surface area contributed by atoms with Crippen LogP contribution in [0.5, 0.6) is 0 Å². The van der Waals surface area contributed by atoms with E-state index in [1.165, 1.54) is 12.0 Å². The van der Waals surface area contributed by atoms with Crippen molar-refractivity contribution in [2.75, 3.05) is 13.7 Å². The maximum Gasteiger partial charge on any atom is 0.325 e. The highest BCUT2D eigenvalue weighted by Gasteiger charge is 2.23. The third kappa shape index (κ3) is 3.12. The largest absolute Gasteiger partial charge is 0.468 e. The molecule has 1 rings (SSSR count). The molecule has 0 radical (unpaired) electrons. The number of hydrogen-bond donors (Lipinski definition) is 0. The van der Waals surface area contributed by atoms with Crippen molar-refractivity contribution in [1.29, 1.82) is 0 Å². The minimum Gasteiger partial charge on any atom is -0.468 e. The van der Waals surface area contributed by atoms with Crippen molar-refractivity contribution in [1.82, 2.24) is 9.47 Å². The van der Waals surface area contributed by atoms with Gasteiger partial charge in [-0.15, -0.1) is 0 Å². The van der Waals surface area contributed by atoms with E-state index in [0.717, 1.165) is 6.54 Å². The van der Waals surface area contributed by atoms with Crippen LogP contribution in [-0.4, -0.2) is 41.0 Å². The number of aryl methyl sites for hydroxylation is 1. The first kappa shape index (κ1) is 14.3. The molecule has 5 heteroatoms. The van der Waals surface area contributed by atoms with Crippen LogP contribution in [0.2, 0.25) is 0 Å². The molecule has 1 heterocycles. The van der Waals surface area contributed by atoms with E-state index >= 15 is 0 Å². The number of ether oxygens (including phenoxy) is 1. The Balaban J connectivity index is 2.93. The molecule has 5 nitrogen and oxygen atoms in total. The number of amides is 1. The Kier molecular flexibility index (Phi) is 4.95. The van der Waals surface area contributed by atoms with Crippen LogP contribution in [0.4, 0.5) is 0 Å². The molecule has 0 fully saturated rings. The molecule has 0 aliphatic carbocycles. The Labute approximate surface area is 107 Å². The number of carbonyl (C=O) groups is 2. The van der Waals surface area contributed by atoms with Gasteiger partial charge in [0.1, 0.15) is 12.2 Å². The number of aromatic nitrogens is 1. The topological polar surface area (TPSA) is 51.5 Å². The molecule has 100 valence electrons. The summed E-state index contributed by atoms with van der Waals surface area (Å²) in [6, 6.07) is 3.53. The van der Waals surface area contributed by atoms with Gasteiger partial charge >= 0.3 is 5.97 Å². The smallest absolute Gasteiger partial charge is 0.325 e. The van der Waals surface area contributed by atoms with Crippen molar-refractivity contribution in [3.8, 4) is 0 Å². The van der Waals surface area contributed by atoms with Gasteiger partial charge in [0.15, 0.2) is 0 Å². The molecule has 0 saturated heterocycles. The van der Waals surface area contributed by atoms with E-state index in [1.807, 2.05) is 37.6 Å². The molecule has 0 aliphatic heterocycles. The summed E-state index contributed by atoms with van der Waals surface area (Å²) in [4.78, 5) is 25.2. The van der Waals surface area contributed by atoms with Crippen molar-refractivity contribution < 1.29 is 14.3 Å². The van der Waals surface area contributed by atoms with E-state index in [-0.39, 0.29) is 18.5 Å². The van der Waals surface area contributed by atoms with E-state index < -0.39 is 5.97 Å². The lowest BCUT2D eigenvalue weighted by molar-refractivity contribution is -0.141. The van der Waals surface area contributed by atoms with Crippen LogP contribution < -0.4 is 0 Å². The molecule has 0 atom stereocenters. The zero-order chi connectivity index (χ0) is 13.7. The maximum atomic E-state index is 12.4. The summed E-state index contributed by atoms with van der Waals surface area (Å²) in [5.41, 5.74) is 0.593. The van der Waals surface area contributed by atoms with Gasteiger partial charge in [0.2, 0.25) is 0 Å². The molecule has 1 amide bonds. The highest BCUT2D eigenvalue weighted by molar-refractivity contribution is 5.94. The normalized spacial score (nSPS) is 10.5. The molecule has 0 saturated carbocycles. The number of carbonyl (C=O) groups excluding carboxylic acids is 2. The number of esters is 1. The summed E-state index contributed by atoms with van der Waals surface area (Å²) in [7, 11) is 1.32. The van der Waals surface area contributed by atoms with Crippen molar-refractivity contribution in [2.24, 2.45) is 0 Å². The fourth-order valence-corrected chi connectivity index (χ4v) is 1.72. The number of methoxy groups -OCH3 is 1. The van der Waals surface area contributed by atoms with Gasteiger partial charge in [0, 0.05) is 18.8 Å². The summed E-state index contributed by atoms with van der Waals surface area (Å²) in [6.07, 6.45) is 1.85. The van der Waals surface area contributed by atoms with Gasteiger partial charge < -0.3 is 14.2 Å². The monoisotopic (exact) mass is 252 g/mol. The summed E-state index contributed by atoms with van der Waals surface area (Å²) < 4.78 is 6.47. The summed E-state index contributed by atoms with van der Waals surface area (Å²) in [5, 5.41) is 0. The lowest BCUT2D eigenvalue weighted by Gasteiger charge is -2.25. The van der Waals surface area contributed by atoms with Crippen LogP contribution in [0.3, 0.4) is 0 Å². The molecular weight excluding hydrogens is 232 g/mol. The molecule has 1 aromatic rings. The van der Waals surface area contributed by atoms with Crippen molar-refractivity contribution in [2.45, 2.75) is 33.4 Å². The fraction of sp³-hybridized carbons (Fsp3) is 0.538. The average Bonchev–Trinajstić information content (AvgIpc) is 2.82. The quantitative estimate of drug-likeness (QED) is 0.747. The van der Waals surface area contributed by atoms with Crippen molar-refractivity contribution in [3.63, 3.8) is 0 Å². The second-order valence-electron chi connectivity index (χ2n) is 4.28. The van der Waals surface area contributed by atoms with E-state index in [4.69, 9.17) is 0 Å². The van der Waals surface area contributed by atoms with E-state index in [0.29, 0.717) is 5.69 Å². The molecule has 0 spiro atoms. The molecule has 18 heavy (non-hydrogen) atoms. The maximum absolute atomic E-state index is 12.4. The predicted molar refractivity (Wildman–Crippen MR) is 68.3 cm³/mol. The Morgan fingerprint density at radius 3 is 2.61 bits per heavy atom. The van der Waals surface area contributed by atoms with Gasteiger partial charge in [0.05, 0.1) is 7.11 Å². The second kappa shape index (κ2) is 6.23. The van der Waals surface area contributed by atoms with Crippen LogP contribution >= 0.6 is 0 Å². The molecule has 0 unspecified atom stereocenters. The minimum absolute atomic E-state index is 0.0259. The van der Waals surface area contributed by atoms with Crippen LogP contribution in [0, 0.1) is 0 Å². The highest BCUT2D eigenvalue weighted by Crippen LogP contribution is 2.10. The van der Waals surface area contributed by atoms with E-state index in [1.54, 1.807) is 6.07 Å². The van der Waals surface area contributed by atoms with Crippen LogP contribution in [0.1, 0.15) is 31.3 Å². The van der Waals surface area contributed by atoms with Gasteiger partial charge in [-0.3, -0.25) is 9.59 Å². The first-order valence-corrected chi connectivity index (χ1v) is 6.04. The lowest BCUT2D eigenvalue weighted by atomic mass is 10.2. The Morgan fingerprint density at radius 2 is 2.11 bits per heavy atom.